The van der Waals surface area contributed by atoms with Gasteiger partial charge in [-0.25, -0.2) is 13.3 Å². The van der Waals surface area contributed by atoms with Crippen molar-refractivity contribution in [2.45, 2.75) is 20.3 Å². The van der Waals surface area contributed by atoms with E-state index in [1.165, 1.54) is 18.6 Å². The highest BCUT2D eigenvalue weighted by atomic mass is 35.5. The number of aryl methyl sites for hydroxylation is 1. The topological polar surface area (TPSA) is 121 Å². The van der Waals surface area contributed by atoms with Crippen LogP contribution in [0.1, 0.15) is 25.0 Å². The first kappa shape index (κ1) is 25.9. The lowest BCUT2D eigenvalue weighted by molar-refractivity contribution is -0.114. The lowest BCUT2D eigenvalue weighted by Gasteiger charge is -2.24. The SMILES string of the molecule is CCc1ccc(OCCOc2ccc(/C=C3/C(=N)N4C(=NC3=O)SN=C4S(=O)(=O)CC)cc2Cl)cc1. The van der Waals surface area contributed by atoms with Gasteiger partial charge in [-0.1, -0.05) is 43.6 Å². The molecule has 0 saturated carbocycles. The van der Waals surface area contributed by atoms with Gasteiger partial charge in [0.15, 0.2) is 0 Å². The molecule has 2 aliphatic rings. The summed E-state index contributed by atoms with van der Waals surface area (Å²) < 4.78 is 40.0. The van der Waals surface area contributed by atoms with E-state index >= 15 is 0 Å². The molecule has 0 radical (unpaired) electrons. The quantitative estimate of drug-likeness (QED) is 0.296. The van der Waals surface area contributed by atoms with Crippen molar-refractivity contribution in [2.75, 3.05) is 19.0 Å². The average Bonchev–Trinajstić information content (AvgIpc) is 3.30. The molecule has 1 amide bonds. The number of nitrogens with zero attached hydrogens (tertiary/aromatic N) is 3. The van der Waals surface area contributed by atoms with Crippen LogP contribution < -0.4 is 9.47 Å². The molecule has 0 aromatic heterocycles. The summed E-state index contributed by atoms with van der Waals surface area (Å²) in [4.78, 5) is 17.5. The van der Waals surface area contributed by atoms with Crippen LogP contribution in [0, 0.1) is 5.41 Å². The minimum Gasteiger partial charge on any atom is -0.490 e. The Morgan fingerprint density at radius 1 is 1.11 bits per heavy atom. The Balaban J connectivity index is 1.43. The van der Waals surface area contributed by atoms with Crippen molar-refractivity contribution in [3.8, 4) is 11.5 Å². The van der Waals surface area contributed by atoms with Crippen molar-refractivity contribution in [1.82, 2.24) is 4.90 Å². The number of aliphatic imine (C=N–C) groups is 1. The molecule has 36 heavy (non-hydrogen) atoms. The lowest BCUT2D eigenvalue weighted by Crippen LogP contribution is -2.45. The van der Waals surface area contributed by atoms with Gasteiger partial charge in [-0.15, -0.1) is 0 Å². The molecule has 0 bridgehead atoms. The number of fused-ring (bicyclic) bond motifs is 1. The molecule has 0 spiro atoms. The number of halogens is 1. The Labute approximate surface area is 218 Å². The average molecular weight is 547 g/mol. The summed E-state index contributed by atoms with van der Waals surface area (Å²) in [7, 11) is -3.71. The molecule has 2 heterocycles. The molecule has 188 valence electrons. The third-order valence-electron chi connectivity index (χ3n) is 5.36. The molecule has 12 heteroatoms. The molecule has 0 fully saturated rings. The third kappa shape index (κ3) is 5.48. The van der Waals surface area contributed by atoms with Crippen LogP contribution in [0.25, 0.3) is 6.08 Å². The first-order valence-corrected chi connectivity index (χ1v) is 13.9. The summed E-state index contributed by atoms with van der Waals surface area (Å²) in [6, 6.07) is 12.8. The molecule has 4 rings (SSSR count). The first-order valence-electron chi connectivity index (χ1n) is 11.1. The second-order valence-corrected chi connectivity index (χ2v) is 11.0. The summed E-state index contributed by atoms with van der Waals surface area (Å²) in [6.45, 7) is 4.18. The van der Waals surface area contributed by atoms with E-state index in [1.807, 2.05) is 24.3 Å². The van der Waals surface area contributed by atoms with E-state index in [-0.39, 0.29) is 34.1 Å². The Kier molecular flexibility index (Phi) is 7.82. The van der Waals surface area contributed by atoms with E-state index in [0.29, 0.717) is 22.9 Å². The van der Waals surface area contributed by atoms with Crippen LogP contribution >= 0.6 is 23.5 Å². The van der Waals surface area contributed by atoms with Crippen LogP contribution in [-0.4, -0.2) is 54.4 Å². The van der Waals surface area contributed by atoms with E-state index in [1.54, 1.807) is 18.2 Å². The number of hydrogen-bond donors (Lipinski definition) is 1. The van der Waals surface area contributed by atoms with Gasteiger partial charge in [-0.05, 0) is 47.9 Å². The van der Waals surface area contributed by atoms with Gasteiger partial charge in [-0.2, -0.15) is 9.39 Å². The molecule has 0 saturated heterocycles. The fourth-order valence-corrected chi connectivity index (χ4v) is 5.56. The van der Waals surface area contributed by atoms with Crippen molar-refractivity contribution in [1.29, 1.82) is 5.41 Å². The second kappa shape index (κ2) is 10.9. The minimum absolute atomic E-state index is 0.0412. The summed E-state index contributed by atoms with van der Waals surface area (Å²) >= 11 is 7.12. The van der Waals surface area contributed by atoms with Crippen LogP contribution in [0.2, 0.25) is 5.02 Å². The number of hydrogen-bond acceptors (Lipinski definition) is 8. The van der Waals surface area contributed by atoms with Gasteiger partial charge in [0.2, 0.25) is 20.2 Å². The van der Waals surface area contributed by atoms with Gasteiger partial charge in [0.25, 0.3) is 5.91 Å². The number of carbonyl (C=O) groups is 1. The lowest BCUT2D eigenvalue weighted by atomic mass is 10.1. The smallest absolute Gasteiger partial charge is 0.283 e. The van der Waals surface area contributed by atoms with E-state index in [2.05, 4.69) is 16.3 Å². The molecule has 1 N–H and O–H groups in total. The zero-order valence-electron chi connectivity index (χ0n) is 19.5. The Hall–Kier alpha value is -3.15. The van der Waals surface area contributed by atoms with Crippen molar-refractivity contribution in [2.24, 2.45) is 9.39 Å². The van der Waals surface area contributed by atoms with Crippen LogP contribution in [0.3, 0.4) is 0 Å². The number of amides is 1. The van der Waals surface area contributed by atoms with Crippen molar-refractivity contribution in [3.63, 3.8) is 0 Å². The number of nitrogens with one attached hydrogen (secondary N) is 1. The zero-order valence-corrected chi connectivity index (χ0v) is 21.9. The number of carbonyl (C=O) groups excluding carboxylic acids is 1. The highest BCUT2D eigenvalue weighted by Gasteiger charge is 2.42. The van der Waals surface area contributed by atoms with E-state index in [4.69, 9.17) is 26.5 Å². The predicted octanol–water partition coefficient (Wildman–Crippen LogP) is 4.37. The van der Waals surface area contributed by atoms with E-state index in [0.717, 1.165) is 29.0 Å². The van der Waals surface area contributed by atoms with E-state index in [9.17, 15) is 13.2 Å². The fourth-order valence-electron chi connectivity index (χ4n) is 3.35. The standard InChI is InChI=1S/C24H23ClN4O5S2/c1-3-15-5-8-17(9-6-15)33-11-12-34-20-10-7-16(14-19(20)25)13-18-21(26)29-23(27-22(18)30)35-28-24(29)36(31,32)4-2/h5-10,13-14,26H,3-4,11-12H2,1-2H3/b18-13-,26-21?. The predicted molar refractivity (Wildman–Crippen MR) is 143 cm³/mol. The van der Waals surface area contributed by atoms with Gasteiger partial charge in [0.05, 0.1) is 28.3 Å². The van der Waals surface area contributed by atoms with Gasteiger partial charge < -0.3 is 9.47 Å². The largest absolute Gasteiger partial charge is 0.490 e. The minimum atomic E-state index is -3.71. The molecule has 2 aromatic carbocycles. The summed E-state index contributed by atoms with van der Waals surface area (Å²) in [5.41, 5.74) is 1.68. The van der Waals surface area contributed by atoms with Crippen LogP contribution in [0.4, 0.5) is 0 Å². The molecule has 0 unspecified atom stereocenters. The molecule has 0 aliphatic carbocycles. The number of benzene rings is 2. The Morgan fingerprint density at radius 3 is 2.50 bits per heavy atom. The molecule has 0 atom stereocenters. The summed E-state index contributed by atoms with van der Waals surface area (Å²) in [5, 5.41) is 8.51. The van der Waals surface area contributed by atoms with Gasteiger partial charge >= 0.3 is 0 Å². The molecule has 2 aliphatic heterocycles. The van der Waals surface area contributed by atoms with Crippen molar-refractivity contribution < 1.29 is 22.7 Å². The molecular formula is C24H23ClN4O5S2. The monoisotopic (exact) mass is 546 g/mol. The highest BCUT2D eigenvalue weighted by Crippen LogP contribution is 2.31. The Bertz CT molecular complexity index is 1400. The number of amidine groups is 3. The van der Waals surface area contributed by atoms with Gasteiger partial charge in [-0.3, -0.25) is 10.2 Å². The number of rotatable bonds is 8. The molecule has 9 nitrogen and oxygen atoms in total. The van der Waals surface area contributed by atoms with Gasteiger partial charge in [0.1, 0.15) is 30.5 Å². The first-order chi connectivity index (χ1) is 17.2. The van der Waals surface area contributed by atoms with Crippen molar-refractivity contribution in [3.05, 3.63) is 64.2 Å². The summed E-state index contributed by atoms with van der Waals surface area (Å²) in [6.07, 6.45) is 2.40. The zero-order chi connectivity index (χ0) is 25.9. The second-order valence-electron chi connectivity index (χ2n) is 7.69. The highest BCUT2D eigenvalue weighted by molar-refractivity contribution is 8.16. The van der Waals surface area contributed by atoms with Crippen LogP contribution in [0.5, 0.6) is 11.5 Å². The normalized spacial score (nSPS) is 16.6. The van der Waals surface area contributed by atoms with E-state index < -0.39 is 15.7 Å². The fraction of sp³-hybridized carbons (Fsp3) is 0.250. The Morgan fingerprint density at radius 2 is 1.83 bits per heavy atom. The summed E-state index contributed by atoms with van der Waals surface area (Å²) in [5.74, 6) is 0.0269. The number of sulfone groups is 1. The van der Waals surface area contributed by atoms with Crippen LogP contribution in [-0.2, 0) is 21.1 Å². The third-order valence-corrected chi connectivity index (χ3v) is 8.06. The molecule has 2 aromatic rings. The number of ether oxygens (including phenoxy) is 2. The van der Waals surface area contributed by atoms with Crippen molar-refractivity contribution >= 4 is 61.5 Å². The van der Waals surface area contributed by atoms with Crippen LogP contribution in [0.15, 0.2) is 57.4 Å². The van der Waals surface area contributed by atoms with Gasteiger partial charge in [0, 0.05) is 0 Å². The maximum atomic E-state index is 12.5. The molecular weight excluding hydrogens is 524 g/mol. The maximum absolute atomic E-state index is 12.5. The maximum Gasteiger partial charge on any atom is 0.283 e.